The molecule has 0 saturated carbocycles. The first-order chi connectivity index (χ1) is 12.0. The summed E-state index contributed by atoms with van der Waals surface area (Å²) in [5.74, 6) is 2.98. The molecule has 1 aromatic heterocycles. The number of aromatic nitrogens is 2. The lowest BCUT2D eigenvalue weighted by Gasteiger charge is -2.37. The van der Waals surface area contributed by atoms with E-state index in [0.717, 1.165) is 0 Å². The monoisotopic (exact) mass is 363 g/mol. The molecule has 0 radical (unpaired) electrons. The maximum absolute atomic E-state index is 14.7. The number of hydrogen-bond acceptors (Lipinski definition) is 6. The molecule has 1 aliphatic heterocycles. The number of benzene rings is 1. The zero-order chi connectivity index (χ0) is 18.0. The second-order valence-electron chi connectivity index (χ2n) is 5.76. The molecule has 2 atom stereocenters. The van der Waals surface area contributed by atoms with Gasteiger partial charge in [0.1, 0.15) is 5.51 Å². The maximum Gasteiger partial charge on any atom is 0.191 e. The SMILES string of the molecule is C[C@@H]1CN(c2c(C=O)cc(C#Cc3nncs3)c(F)c2F)C[C@H](C)O1. The normalized spacial score (nSPS) is 20.1. The largest absolute Gasteiger partial charge is 0.372 e. The molecule has 2 aromatic rings. The van der Waals surface area contributed by atoms with Crippen molar-refractivity contribution >= 4 is 23.3 Å². The molecule has 0 amide bonds. The van der Waals surface area contributed by atoms with Gasteiger partial charge in [0.15, 0.2) is 22.9 Å². The summed E-state index contributed by atoms with van der Waals surface area (Å²) in [6.45, 7) is 4.44. The van der Waals surface area contributed by atoms with Gasteiger partial charge in [0.2, 0.25) is 0 Å². The highest BCUT2D eigenvalue weighted by molar-refractivity contribution is 7.09. The minimum Gasteiger partial charge on any atom is -0.372 e. The minimum absolute atomic E-state index is 0.0454. The zero-order valence-electron chi connectivity index (χ0n) is 13.6. The highest BCUT2D eigenvalue weighted by atomic mass is 32.1. The van der Waals surface area contributed by atoms with Crippen LogP contribution in [0.5, 0.6) is 0 Å². The van der Waals surface area contributed by atoms with Gasteiger partial charge in [-0.05, 0) is 25.8 Å². The standard InChI is InChI=1S/C17H15F2N3O2S/c1-10-6-22(7-11(2)24-10)17-13(8-23)5-12(15(18)16(17)19)3-4-14-21-20-9-25-14/h5,8-11H,6-7H2,1-2H3/t10-,11+. The number of carbonyl (C=O) groups excluding carboxylic acids is 1. The highest BCUT2D eigenvalue weighted by Gasteiger charge is 2.28. The van der Waals surface area contributed by atoms with E-state index >= 15 is 0 Å². The van der Waals surface area contributed by atoms with Crippen LogP contribution in [-0.2, 0) is 4.74 Å². The highest BCUT2D eigenvalue weighted by Crippen LogP contribution is 2.30. The summed E-state index contributed by atoms with van der Waals surface area (Å²) < 4.78 is 34.8. The average molecular weight is 363 g/mol. The maximum atomic E-state index is 14.7. The predicted molar refractivity (Wildman–Crippen MR) is 89.9 cm³/mol. The van der Waals surface area contributed by atoms with Crippen LogP contribution in [0.25, 0.3) is 0 Å². The van der Waals surface area contributed by atoms with E-state index in [1.807, 2.05) is 13.8 Å². The van der Waals surface area contributed by atoms with E-state index in [0.29, 0.717) is 24.4 Å². The van der Waals surface area contributed by atoms with Gasteiger partial charge in [0.05, 0.1) is 23.5 Å². The van der Waals surface area contributed by atoms with Crippen LogP contribution in [-0.4, -0.2) is 41.8 Å². The Kier molecular flexibility index (Phi) is 5.06. The van der Waals surface area contributed by atoms with E-state index in [-0.39, 0.29) is 29.0 Å². The number of hydrogen-bond donors (Lipinski definition) is 0. The third kappa shape index (κ3) is 3.67. The molecule has 0 spiro atoms. The summed E-state index contributed by atoms with van der Waals surface area (Å²) in [4.78, 5) is 13.1. The predicted octanol–water partition coefficient (Wildman–Crippen LogP) is 2.64. The number of ether oxygens (including phenoxy) is 1. The van der Waals surface area contributed by atoms with Crippen LogP contribution >= 0.6 is 11.3 Å². The lowest BCUT2D eigenvalue weighted by Crippen LogP contribution is -2.46. The molecule has 130 valence electrons. The molecule has 0 aliphatic carbocycles. The smallest absolute Gasteiger partial charge is 0.191 e. The van der Waals surface area contributed by atoms with Gasteiger partial charge in [-0.15, -0.1) is 10.2 Å². The quantitative estimate of drug-likeness (QED) is 0.607. The molecule has 1 aromatic carbocycles. The molecule has 1 fully saturated rings. The molecule has 0 N–H and O–H groups in total. The van der Waals surface area contributed by atoms with Crippen molar-refractivity contribution in [3.05, 3.63) is 39.3 Å². The Morgan fingerprint density at radius 1 is 1.28 bits per heavy atom. The number of halogens is 2. The Hall–Kier alpha value is -2.37. The minimum atomic E-state index is -1.08. The number of morpholine rings is 1. The van der Waals surface area contributed by atoms with Crippen molar-refractivity contribution in [3.63, 3.8) is 0 Å². The van der Waals surface area contributed by atoms with Crippen molar-refractivity contribution in [3.8, 4) is 11.8 Å². The topological polar surface area (TPSA) is 55.3 Å². The third-order valence-corrected chi connectivity index (χ3v) is 4.34. The number of carbonyl (C=O) groups is 1. The lowest BCUT2D eigenvalue weighted by atomic mass is 10.1. The first-order valence-corrected chi connectivity index (χ1v) is 8.53. The fourth-order valence-corrected chi connectivity index (χ4v) is 3.25. The van der Waals surface area contributed by atoms with Crippen LogP contribution in [0.1, 0.15) is 34.8 Å². The van der Waals surface area contributed by atoms with Crippen LogP contribution in [0.15, 0.2) is 11.6 Å². The zero-order valence-corrected chi connectivity index (χ0v) is 14.4. The molecule has 1 saturated heterocycles. The van der Waals surface area contributed by atoms with Crippen LogP contribution in [0, 0.1) is 23.5 Å². The molecule has 5 nitrogen and oxygen atoms in total. The van der Waals surface area contributed by atoms with E-state index in [1.54, 1.807) is 4.90 Å². The van der Waals surface area contributed by atoms with Gasteiger partial charge in [-0.3, -0.25) is 4.79 Å². The van der Waals surface area contributed by atoms with Crippen LogP contribution in [0.3, 0.4) is 0 Å². The Morgan fingerprint density at radius 3 is 2.60 bits per heavy atom. The summed E-state index contributed by atoms with van der Waals surface area (Å²) in [6.07, 6.45) is 0.212. The summed E-state index contributed by atoms with van der Waals surface area (Å²) in [7, 11) is 0. The van der Waals surface area contributed by atoms with Crippen molar-refractivity contribution in [1.82, 2.24) is 10.2 Å². The summed E-state index contributed by atoms with van der Waals surface area (Å²) in [5.41, 5.74) is 1.31. The number of nitrogens with zero attached hydrogens (tertiary/aromatic N) is 3. The first-order valence-electron chi connectivity index (χ1n) is 7.65. The van der Waals surface area contributed by atoms with Gasteiger partial charge in [-0.1, -0.05) is 17.3 Å². The van der Waals surface area contributed by atoms with E-state index in [1.165, 1.54) is 22.9 Å². The molecule has 2 heterocycles. The molecule has 0 unspecified atom stereocenters. The summed E-state index contributed by atoms with van der Waals surface area (Å²) >= 11 is 1.18. The molecule has 3 rings (SSSR count). The molecule has 8 heteroatoms. The van der Waals surface area contributed by atoms with Crippen molar-refractivity contribution in [2.45, 2.75) is 26.1 Å². The first kappa shape index (κ1) is 17.5. The number of aldehydes is 1. The Balaban J connectivity index is 2.03. The van der Waals surface area contributed by atoms with E-state index in [9.17, 15) is 13.6 Å². The Morgan fingerprint density at radius 2 is 2.00 bits per heavy atom. The molecular formula is C17H15F2N3O2S. The van der Waals surface area contributed by atoms with Gasteiger partial charge < -0.3 is 9.64 Å². The van der Waals surface area contributed by atoms with Gasteiger partial charge in [0.25, 0.3) is 0 Å². The van der Waals surface area contributed by atoms with Crippen molar-refractivity contribution in [2.24, 2.45) is 0 Å². The molecule has 25 heavy (non-hydrogen) atoms. The van der Waals surface area contributed by atoms with E-state index in [4.69, 9.17) is 4.74 Å². The third-order valence-electron chi connectivity index (χ3n) is 3.74. The average Bonchev–Trinajstić information content (AvgIpc) is 3.08. The van der Waals surface area contributed by atoms with Crippen molar-refractivity contribution in [2.75, 3.05) is 18.0 Å². The summed E-state index contributed by atoms with van der Waals surface area (Å²) in [6, 6.07) is 1.26. The lowest BCUT2D eigenvalue weighted by molar-refractivity contribution is -0.00547. The van der Waals surface area contributed by atoms with Crippen LogP contribution in [0.2, 0.25) is 0 Å². The van der Waals surface area contributed by atoms with Gasteiger partial charge in [0, 0.05) is 18.7 Å². The second-order valence-corrected chi connectivity index (χ2v) is 6.60. The van der Waals surface area contributed by atoms with Gasteiger partial charge in [-0.25, -0.2) is 8.78 Å². The van der Waals surface area contributed by atoms with Gasteiger partial charge in [-0.2, -0.15) is 0 Å². The second kappa shape index (κ2) is 7.25. The number of rotatable bonds is 2. The fraction of sp³-hybridized carbons (Fsp3) is 0.353. The van der Waals surface area contributed by atoms with Gasteiger partial charge >= 0.3 is 0 Å². The Bertz CT molecular complexity index is 836. The van der Waals surface area contributed by atoms with Crippen molar-refractivity contribution < 1.29 is 18.3 Å². The van der Waals surface area contributed by atoms with E-state index in [2.05, 4.69) is 22.0 Å². The van der Waals surface area contributed by atoms with E-state index < -0.39 is 11.6 Å². The van der Waals surface area contributed by atoms with Crippen LogP contribution < -0.4 is 4.90 Å². The van der Waals surface area contributed by atoms with Crippen molar-refractivity contribution in [1.29, 1.82) is 0 Å². The summed E-state index contributed by atoms with van der Waals surface area (Å²) in [5, 5.41) is 7.72. The Labute approximate surface area is 147 Å². The van der Waals surface area contributed by atoms with Crippen LogP contribution in [0.4, 0.5) is 14.5 Å². The molecule has 0 bridgehead atoms. The number of anilines is 1. The fourth-order valence-electron chi connectivity index (χ4n) is 2.85. The molecule has 1 aliphatic rings. The molecular weight excluding hydrogens is 348 g/mol.